The summed E-state index contributed by atoms with van der Waals surface area (Å²) in [5, 5.41) is 3.19. The van der Waals surface area contributed by atoms with Gasteiger partial charge >= 0.3 is 0 Å². The zero-order valence-corrected chi connectivity index (χ0v) is 9.16. The summed E-state index contributed by atoms with van der Waals surface area (Å²) in [6, 6.07) is -0.134. The van der Waals surface area contributed by atoms with Gasteiger partial charge in [0.2, 0.25) is 5.91 Å². The third-order valence-electron chi connectivity index (χ3n) is 2.97. The van der Waals surface area contributed by atoms with Crippen LogP contribution in [0.4, 0.5) is 0 Å². The van der Waals surface area contributed by atoms with Crippen LogP contribution in [0.25, 0.3) is 0 Å². The lowest BCUT2D eigenvalue weighted by Crippen LogP contribution is -2.53. The first kappa shape index (κ1) is 10.6. The molecule has 0 aromatic rings. The molecular formula is C11H18N2O2. The van der Waals surface area contributed by atoms with Crippen LogP contribution in [0.1, 0.15) is 13.3 Å². The Hall–Kier alpha value is -0.870. The predicted molar refractivity (Wildman–Crippen MR) is 57.6 cm³/mol. The Bertz CT molecular complexity index is 270. The first-order valence-corrected chi connectivity index (χ1v) is 5.53. The lowest BCUT2D eigenvalue weighted by atomic mass is 10.1. The molecule has 2 aliphatic rings. The normalized spacial score (nSPS) is 27.4. The Kier molecular flexibility index (Phi) is 3.38. The van der Waals surface area contributed by atoms with Crippen molar-refractivity contribution in [2.45, 2.75) is 19.4 Å². The second kappa shape index (κ2) is 4.77. The SMILES string of the molecule is CC1=CCN(C(=O)C2COCCN2)CC1. The number of nitrogens with one attached hydrogen (secondary N) is 1. The number of hydrogen-bond donors (Lipinski definition) is 1. The van der Waals surface area contributed by atoms with Gasteiger partial charge in [0, 0.05) is 19.6 Å². The van der Waals surface area contributed by atoms with Crippen molar-refractivity contribution >= 4 is 5.91 Å². The summed E-state index contributed by atoms with van der Waals surface area (Å²) in [5.41, 5.74) is 1.38. The van der Waals surface area contributed by atoms with Gasteiger partial charge in [-0.1, -0.05) is 11.6 Å². The van der Waals surface area contributed by atoms with Gasteiger partial charge in [0.15, 0.2) is 0 Å². The van der Waals surface area contributed by atoms with Gasteiger partial charge in [-0.25, -0.2) is 0 Å². The van der Waals surface area contributed by atoms with Crippen molar-refractivity contribution in [3.05, 3.63) is 11.6 Å². The molecule has 0 saturated carbocycles. The summed E-state index contributed by atoms with van der Waals surface area (Å²) in [4.78, 5) is 13.9. The zero-order chi connectivity index (χ0) is 10.7. The quantitative estimate of drug-likeness (QED) is 0.627. The van der Waals surface area contributed by atoms with Crippen molar-refractivity contribution < 1.29 is 9.53 Å². The van der Waals surface area contributed by atoms with E-state index in [9.17, 15) is 4.79 Å². The molecule has 15 heavy (non-hydrogen) atoms. The maximum absolute atomic E-state index is 12.0. The molecule has 0 aromatic heterocycles. The fraction of sp³-hybridized carbons (Fsp3) is 0.727. The Balaban J connectivity index is 1.90. The van der Waals surface area contributed by atoms with Crippen LogP contribution in [0.3, 0.4) is 0 Å². The van der Waals surface area contributed by atoms with Crippen LogP contribution >= 0.6 is 0 Å². The Morgan fingerprint density at radius 2 is 2.53 bits per heavy atom. The number of amides is 1. The largest absolute Gasteiger partial charge is 0.378 e. The summed E-state index contributed by atoms with van der Waals surface area (Å²) in [6.07, 6.45) is 3.13. The van der Waals surface area contributed by atoms with Gasteiger partial charge < -0.3 is 15.0 Å². The van der Waals surface area contributed by atoms with E-state index >= 15 is 0 Å². The van der Waals surface area contributed by atoms with E-state index in [1.165, 1.54) is 5.57 Å². The topological polar surface area (TPSA) is 41.6 Å². The van der Waals surface area contributed by atoms with Crippen LogP contribution < -0.4 is 5.32 Å². The van der Waals surface area contributed by atoms with Gasteiger partial charge in [0.05, 0.1) is 13.2 Å². The fourth-order valence-corrected chi connectivity index (χ4v) is 1.92. The molecule has 1 N–H and O–H groups in total. The van der Waals surface area contributed by atoms with Crippen molar-refractivity contribution in [2.75, 3.05) is 32.8 Å². The minimum atomic E-state index is -0.134. The Morgan fingerprint density at radius 3 is 3.13 bits per heavy atom. The molecule has 0 bridgehead atoms. The Labute approximate surface area is 90.3 Å². The second-order valence-corrected chi connectivity index (χ2v) is 4.17. The first-order valence-electron chi connectivity index (χ1n) is 5.53. The van der Waals surface area contributed by atoms with E-state index < -0.39 is 0 Å². The lowest BCUT2D eigenvalue weighted by Gasteiger charge is -2.31. The summed E-state index contributed by atoms with van der Waals surface area (Å²) in [5.74, 6) is 0.179. The number of morpholine rings is 1. The lowest BCUT2D eigenvalue weighted by molar-refractivity contribution is -0.136. The average molecular weight is 210 g/mol. The molecule has 1 amide bonds. The smallest absolute Gasteiger partial charge is 0.242 e. The highest BCUT2D eigenvalue weighted by atomic mass is 16.5. The van der Waals surface area contributed by atoms with Crippen molar-refractivity contribution in [3.63, 3.8) is 0 Å². The summed E-state index contributed by atoms with van der Waals surface area (Å²) in [6.45, 7) is 5.71. The van der Waals surface area contributed by atoms with Crippen LogP contribution in [0.5, 0.6) is 0 Å². The van der Waals surface area contributed by atoms with Crippen LogP contribution in [0.2, 0.25) is 0 Å². The molecule has 4 nitrogen and oxygen atoms in total. The third-order valence-corrected chi connectivity index (χ3v) is 2.97. The van der Waals surface area contributed by atoms with E-state index in [0.717, 1.165) is 26.1 Å². The van der Waals surface area contributed by atoms with E-state index in [2.05, 4.69) is 18.3 Å². The standard InChI is InChI=1S/C11H18N2O2/c1-9-2-5-13(6-3-9)11(14)10-8-15-7-4-12-10/h2,10,12H,3-8H2,1H3. The van der Waals surface area contributed by atoms with E-state index in [1.54, 1.807) is 0 Å². The first-order chi connectivity index (χ1) is 7.27. The monoisotopic (exact) mass is 210 g/mol. The second-order valence-electron chi connectivity index (χ2n) is 4.17. The van der Waals surface area contributed by atoms with Crippen molar-refractivity contribution in [1.29, 1.82) is 0 Å². The highest BCUT2D eigenvalue weighted by molar-refractivity contribution is 5.82. The van der Waals surface area contributed by atoms with Gasteiger partial charge in [-0.3, -0.25) is 4.79 Å². The molecule has 1 saturated heterocycles. The Morgan fingerprint density at radius 1 is 1.67 bits per heavy atom. The molecule has 0 spiro atoms. The van der Waals surface area contributed by atoms with Gasteiger partial charge in [0.1, 0.15) is 6.04 Å². The van der Waals surface area contributed by atoms with Crippen molar-refractivity contribution in [1.82, 2.24) is 10.2 Å². The highest BCUT2D eigenvalue weighted by Crippen LogP contribution is 2.11. The number of carbonyl (C=O) groups is 1. The average Bonchev–Trinajstić information content (AvgIpc) is 2.30. The van der Waals surface area contributed by atoms with E-state index in [1.807, 2.05) is 4.90 Å². The molecule has 0 radical (unpaired) electrons. The molecule has 0 aromatic carbocycles. The molecule has 2 aliphatic heterocycles. The van der Waals surface area contributed by atoms with E-state index in [-0.39, 0.29) is 11.9 Å². The maximum atomic E-state index is 12.0. The molecule has 1 unspecified atom stereocenters. The molecule has 1 atom stereocenters. The molecule has 84 valence electrons. The number of carbonyl (C=O) groups excluding carboxylic acids is 1. The third kappa shape index (κ3) is 2.58. The molecule has 2 heterocycles. The van der Waals surface area contributed by atoms with E-state index in [4.69, 9.17) is 4.74 Å². The van der Waals surface area contributed by atoms with Gasteiger partial charge in [-0.2, -0.15) is 0 Å². The number of nitrogens with zero attached hydrogens (tertiary/aromatic N) is 1. The van der Waals surface area contributed by atoms with Crippen LogP contribution in [0.15, 0.2) is 11.6 Å². The molecule has 4 heteroatoms. The molecule has 0 aliphatic carbocycles. The number of ether oxygens (including phenoxy) is 1. The summed E-state index contributed by atoms with van der Waals surface area (Å²) >= 11 is 0. The van der Waals surface area contributed by atoms with Crippen LogP contribution in [-0.2, 0) is 9.53 Å². The summed E-state index contributed by atoms with van der Waals surface area (Å²) in [7, 11) is 0. The molecular weight excluding hydrogens is 192 g/mol. The van der Waals surface area contributed by atoms with Gasteiger partial charge in [-0.15, -0.1) is 0 Å². The molecule has 2 rings (SSSR count). The van der Waals surface area contributed by atoms with Crippen molar-refractivity contribution in [2.24, 2.45) is 0 Å². The zero-order valence-electron chi connectivity index (χ0n) is 9.16. The minimum Gasteiger partial charge on any atom is -0.378 e. The number of rotatable bonds is 1. The fourth-order valence-electron chi connectivity index (χ4n) is 1.92. The summed E-state index contributed by atoms with van der Waals surface area (Å²) < 4.78 is 5.29. The molecule has 1 fully saturated rings. The minimum absolute atomic E-state index is 0.134. The van der Waals surface area contributed by atoms with Crippen LogP contribution in [0, 0.1) is 0 Å². The van der Waals surface area contributed by atoms with E-state index in [0.29, 0.717) is 13.2 Å². The highest BCUT2D eigenvalue weighted by Gasteiger charge is 2.26. The van der Waals surface area contributed by atoms with Crippen molar-refractivity contribution in [3.8, 4) is 0 Å². The van der Waals surface area contributed by atoms with Crippen LogP contribution in [-0.4, -0.2) is 49.7 Å². The predicted octanol–water partition coefficient (Wildman–Crippen LogP) is 0.153. The maximum Gasteiger partial charge on any atom is 0.242 e. The van der Waals surface area contributed by atoms with Gasteiger partial charge in [-0.05, 0) is 13.3 Å². The van der Waals surface area contributed by atoms with Gasteiger partial charge in [0.25, 0.3) is 0 Å². The number of hydrogen-bond acceptors (Lipinski definition) is 3.